The van der Waals surface area contributed by atoms with Crippen molar-refractivity contribution in [3.8, 4) is 0 Å². The molecule has 0 unspecified atom stereocenters. The maximum absolute atomic E-state index is 12.1. The number of amides is 2. The summed E-state index contributed by atoms with van der Waals surface area (Å²) in [5.41, 5.74) is 2.22. The summed E-state index contributed by atoms with van der Waals surface area (Å²) < 4.78 is 0.939. The highest BCUT2D eigenvalue weighted by Gasteiger charge is 2.07. The maximum Gasteiger partial charge on any atom is 0.251 e. The van der Waals surface area contributed by atoms with Crippen molar-refractivity contribution < 1.29 is 9.59 Å². The Morgan fingerprint density at radius 2 is 1.33 bits per heavy atom. The lowest BCUT2D eigenvalue weighted by molar-refractivity contribution is 0.0942. The van der Waals surface area contributed by atoms with E-state index in [1.807, 2.05) is 24.3 Å². The van der Waals surface area contributed by atoms with E-state index in [0.717, 1.165) is 22.9 Å². The van der Waals surface area contributed by atoms with Crippen LogP contribution in [0.4, 0.5) is 0 Å². The van der Waals surface area contributed by atoms with Gasteiger partial charge in [0.05, 0.1) is 0 Å². The van der Waals surface area contributed by atoms with Crippen LogP contribution in [-0.2, 0) is 6.54 Å². The van der Waals surface area contributed by atoms with E-state index in [9.17, 15) is 9.59 Å². The third kappa shape index (κ3) is 7.55. The smallest absolute Gasteiger partial charge is 0.251 e. The van der Waals surface area contributed by atoms with E-state index in [0.29, 0.717) is 24.2 Å². The van der Waals surface area contributed by atoms with Crippen LogP contribution in [0.2, 0.25) is 0 Å². The number of rotatable bonds is 10. The summed E-state index contributed by atoms with van der Waals surface area (Å²) in [6.45, 7) is 3.33. The van der Waals surface area contributed by atoms with Gasteiger partial charge in [-0.2, -0.15) is 0 Å². The monoisotopic (exact) mass is 430 g/mol. The van der Waals surface area contributed by atoms with E-state index in [1.165, 1.54) is 19.3 Å². The van der Waals surface area contributed by atoms with Gasteiger partial charge in [0.15, 0.2) is 0 Å². The van der Waals surface area contributed by atoms with Crippen molar-refractivity contribution in [2.24, 2.45) is 0 Å². The highest BCUT2D eigenvalue weighted by molar-refractivity contribution is 9.10. The SMILES string of the molecule is CCCCCCCNC(=O)c1ccc(CNC(=O)c2ccc(Br)cc2)cc1. The van der Waals surface area contributed by atoms with Crippen LogP contribution >= 0.6 is 15.9 Å². The predicted octanol–water partition coefficient (Wildman–Crippen LogP) is 5.08. The number of hydrogen-bond donors (Lipinski definition) is 2. The predicted molar refractivity (Wildman–Crippen MR) is 113 cm³/mol. The molecule has 2 amide bonds. The zero-order valence-electron chi connectivity index (χ0n) is 15.8. The first-order valence-corrected chi connectivity index (χ1v) is 10.3. The highest BCUT2D eigenvalue weighted by atomic mass is 79.9. The molecule has 5 heteroatoms. The molecule has 144 valence electrons. The van der Waals surface area contributed by atoms with Crippen molar-refractivity contribution in [1.29, 1.82) is 0 Å². The van der Waals surface area contributed by atoms with Gasteiger partial charge in [0.1, 0.15) is 0 Å². The molecule has 0 aliphatic rings. The molecule has 0 bridgehead atoms. The first-order valence-electron chi connectivity index (χ1n) is 9.51. The van der Waals surface area contributed by atoms with Crippen LogP contribution in [-0.4, -0.2) is 18.4 Å². The van der Waals surface area contributed by atoms with E-state index in [1.54, 1.807) is 24.3 Å². The first kappa shape index (κ1) is 21.2. The van der Waals surface area contributed by atoms with Crippen molar-refractivity contribution in [3.05, 3.63) is 69.7 Å². The molecule has 0 aliphatic heterocycles. The lowest BCUT2D eigenvalue weighted by Gasteiger charge is -2.08. The molecule has 0 spiro atoms. The maximum atomic E-state index is 12.1. The zero-order chi connectivity index (χ0) is 19.5. The second-order valence-electron chi connectivity index (χ2n) is 6.56. The molecule has 0 heterocycles. The van der Waals surface area contributed by atoms with Gasteiger partial charge in [0.25, 0.3) is 11.8 Å². The van der Waals surface area contributed by atoms with E-state index in [2.05, 4.69) is 33.5 Å². The topological polar surface area (TPSA) is 58.2 Å². The van der Waals surface area contributed by atoms with Gasteiger partial charge >= 0.3 is 0 Å². The van der Waals surface area contributed by atoms with Gasteiger partial charge in [-0.1, -0.05) is 60.7 Å². The van der Waals surface area contributed by atoms with Crippen molar-refractivity contribution in [1.82, 2.24) is 10.6 Å². The van der Waals surface area contributed by atoms with Gasteiger partial charge in [-0.3, -0.25) is 9.59 Å². The molecule has 0 aromatic heterocycles. The standard InChI is InChI=1S/C22H27BrN2O2/c1-2-3-4-5-6-15-24-21(26)18-9-7-17(8-10-18)16-25-22(27)19-11-13-20(23)14-12-19/h7-14H,2-6,15-16H2,1H3,(H,24,26)(H,25,27). The summed E-state index contributed by atoms with van der Waals surface area (Å²) in [4.78, 5) is 24.3. The molecule has 0 saturated heterocycles. The Kier molecular flexibility index (Phi) is 9.05. The first-order chi connectivity index (χ1) is 13.1. The Hall–Kier alpha value is -2.14. The number of benzene rings is 2. The summed E-state index contributed by atoms with van der Waals surface area (Å²) in [7, 11) is 0. The minimum atomic E-state index is -0.118. The number of nitrogens with one attached hydrogen (secondary N) is 2. The highest BCUT2D eigenvalue weighted by Crippen LogP contribution is 2.11. The molecule has 0 saturated carbocycles. The molecule has 27 heavy (non-hydrogen) atoms. The van der Waals surface area contributed by atoms with Gasteiger partial charge in [0.2, 0.25) is 0 Å². The fourth-order valence-electron chi connectivity index (χ4n) is 2.69. The lowest BCUT2D eigenvalue weighted by atomic mass is 10.1. The van der Waals surface area contributed by atoms with Crippen LogP contribution in [0.15, 0.2) is 53.0 Å². The second-order valence-corrected chi connectivity index (χ2v) is 7.47. The Labute approximate surface area is 169 Å². The molecule has 0 radical (unpaired) electrons. The Morgan fingerprint density at radius 1 is 0.778 bits per heavy atom. The fourth-order valence-corrected chi connectivity index (χ4v) is 2.96. The second kappa shape index (κ2) is 11.5. The van der Waals surface area contributed by atoms with Crippen LogP contribution in [0.5, 0.6) is 0 Å². The molecule has 2 aromatic rings. The molecular weight excluding hydrogens is 404 g/mol. The average molecular weight is 431 g/mol. The van der Waals surface area contributed by atoms with Crippen LogP contribution in [0.1, 0.15) is 65.3 Å². The number of hydrogen-bond acceptors (Lipinski definition) is 2. The minimum Gasteiger partial charge on any atom is -0.352 e. The zero-order valence-corrected chi connectivity index (χ0v) is 17.3. The summed E-state index contributed by atoms with van der Waals surface area (Å²) in [5, 5.41) is 5.85. The molecule has 2 rings (SSSR count). The van der Waals surface area contributed by atoms with E-state index in [4.69, 9.17) is 0 Å². The largest absolute Gasteiger partial charge is 0.352 e. The normalized spacial score (nSPS) is 10.4. The van der Waals surface area contributed by atoms with E-state index >= 15 is 0 Å². The van der Waals surface area contributed by atoms with Gasteiger partial charge < -0.3 is 10.6 Å². The third-order valence-electron chi connectivity index (χ3n) is 4.34. The third-order valence-corrected chi connectivity index (χ3v) is 4.87. The minimum absolute atomic E-state index is 0.0454. The Bertz CT molecular complexity index is 727. The van der Waals surface area contributed by atoms with Crippen molar-refractivity contribution >= 4 is 27.7 Å². The number of halogens is 1. The Morgan fingerprint density at radius 3 is 1.96 bits per heavy atom. The van der Waals surface area contributed by atoms with E-state index < -0.39 is 0 Å². The summed E-state index contributed by atoms with van der Waals surface area (Å²) in [5.74, 6) is -0.164. The van der Waals surface area contributed by atoms with Crippen molar-refractivity contribution in [2.75, 3.05) is 6.54 Å². The Balaban J connectivity index is 1.74. The van der Waals surface area contributed by atoms with Crippen LogP contribution in [0, 0.1) is 0 Å². The summed E-state index contributed by atoms with van der Waals surface area (Å²) in [6.07, 6.45) is 5.89. The number of unbranched alkanes of at least 4 members (excludes halogenated alkanes) is 4. The fraction of sp³-hybridized carbons (Fsp3) is 0.364. The summed E-state index contributed by atoms with van der Waals surface area (Å²) >= 11 is 3.35. The van der Waals surface area contributed by atoms with Crippen molar-refractivity contribution in [2.45, 2.75) is 45.6 Å². The van der Waals surface area contributed by atoms with Gasteiger partial charge in [-0.15, -0.1) is 0 Å². The molecular formula is C22H27BrN2O2. The van der Waals surface area contributed by atoms with Crippen LogP contribution in [0.25, 0.3) is 0 Å². The molecule has 4 nitrogen and oxygen atoms in total. The molecule has 0 aliphatic carbocycles. The lowest BCUT2D eigenvalue weighted by Crippen LogP contribution is -2.25. The molecule has 0 atom stereocenters. The molecule has 2 aromatic carbocycles. The van der Waals surface area contributed by atoms with E-state index in [-0.39, 0.29) is 11.8 Å². The number of carbonyl (C=O) groups is 2. The molecule has 2 N–H and O–H groups in total. The molecule has 0 fully saturated rings. The average Bonchev–Trinajstić information content (AvgIpc) is 2.69. The van der Waals surface area contributed by atoms with Gasteiger partial charge in [0, 0.05) is 28.7 Å². The summed E-state index contributed by atoms with van der Waals surface area (Å²) in [6, 6.07) is 14.6. The van der Waals surface area contributed by atoms with Crippen LogP contribution in [0.3, 0.4) is 0 Å². The van der Waals surface area contributed by atoms with Crippen molar-refractivity contribution in [3.63, 3.8) is 0 Å². The quantitative estimate of drug-likeness (QED) is 0.516. The van der Waals surface area contributed by atoms with Gasteiger partial charge in [-0.25, -0.2) is 0 Å². The number of carbonyl (C=O) groups excluding carboxylic acids is 2. The van der Waals surface area contributed by atoms with Crippen LogP contribution < -0.4 is 10.6 Å². The van der Waals surface area contributed by atoms with Gasteiger partial charge in [-0.05, 0) is 48.4 Å².